The standard InChI is InChI=1S/C31H53N4O12P/c1-8-11-12-17-42-24(37)13-14-25(38)46-27-26(22(5)20-48(41,44-9-2)45-10-3)47-30(35-18-21(4)29(39)33-31(35)40)28(27)43-19-23(36)32-15-16-34(6)7/h18,22,26-28,30H,8-17,19-20H2,1-7H3,(H,32,36)(H,33,39,40)/t22-,26+,27+,28+,30+/m0/s1. The summed E-state index contributed by atoms with van der Waals surface area (Å²) in [6, 6.07) is 0. The van der Waals surface area contributed by atoms with Crippen LogP contribution in [0, 0.1) is 12.8 Å². The maximum atomic E-state index is 13.5. The van der Waals surface area contributed by atoms with Crippen molar-refractivity contribution >= 4 is 25.4 Å². The highest BCUT2D eigenvalue weighted by Crippen LogP contribution is 2.51. The number of rotatable bonds is 22. The van der Waals surface area contributed by atoms with Crippen LogP contribution in [0.1, 0.15) is 71.6 Å². The van der Waals surface area contributed by atoms with Crippen molar-refractivity contribution in [2.45, 2.75) is 91.3 Å². The highest BCUT2D eigenvalue weighted by Gasteiger charge is 2.52. The van der Waals surface area contributed by atoms with E-state index in [9.17, 15) is 28.5 Å². The number of carbonyl (C=O) groups excluding carboxylic acids is 3. The van der Waals surface area contributed by atoms with Crippen LogP contribution in [-0.2, 0) is 46.9 Å². The lowest BCUT2D eigenvalue weighted by Gasteiger charge is -2.28. The van der Waals surface area contributed by atoms with Gasteiger partial charge in [0.1, 0.15) is 18.8 Å². The third-order valence-corrected chi connectivity index (χ3v) is 9.80. The number of aromatic amines is 1. The summed E-state index contributed by atoms with van der Waals surface area (Å²) in [5, 5.41) is 2.74. The molecule has 0 bridgehead atoms. The van der Waals surface area contributed by atoms with Gasteiger partial charge in [0.25, 0.3) is 5.56 Å². The van der Waals surface area contributed by atoms with Crippen LogP contribution in [0.5, 0.6) is 0 Å². The third-order valence-electron chi connectivity index (χ3n) is 7.47. The van der Waals surface area contributed by atoms with Gasteiger partial charge in [-0.3, -0.25) is 33.3 Å². The van der Waals surface area contributed by atoms with E-state index in [0.717, 1.165) is 17.4 Å². The summed E-state index contributed by atoms with van der Waals surface area (Å²) in [6.07, 6.45) is -1.64. The molecule has 1 aromatic heterocycles. The molecule has 0 aliphatic carbocycles. The summed E-state index contributed by atoms with van der Waals surface area (Å²) in [7, 11) is 0.0887. The van der Waals surface area contributed by atoms with Gasteiger partial charge in [0.15, 0.2) is 12.3 Å². The maximum Gasteiger partial charge on any atom is 0.331 e. The summed E-state index contributed by atoms with van der Waals surface area (Å²) in [5.74, 6) is -2.47. The third kappa shape index (κ3) is 13.2. The molecule has 5 atom stereocenters. The molecule has 0 unspecified atom stereocenters. The van der Waals surface area contributed by atoms with Gasteiger partial charge in [0.2, 0.25) is 5.91 Å². The van der Waals surface area contributed by atoms with E-state index in [0.29, 0.717) is 19.5 Å². The molecule has 0 aromatic carbocycles. The molecule has 0 radical (unpaired) electrons. The number of nitrogens with zero attached hydrogens (tertiary/aromatic N) is 2. The Hall–Kier alpha value is -2.88. The molecule has 16 nitrogen and oxygen atoms in total. The minimum Gasteiger partial charge on any atom is -0.466 e. The molecule has 0 spiro atoms. The summed E-state index contributed by atoms with van der Waals surface area (Å²) in [4.78, 5) is 67.5. The van der Waals surface area contributed by atoms with Gasteiger partial charge in [-0.05, 0) is 47.2 Å². The van der Waals surface area contributed by atoms with Crippen molar-refractivity contribution in [3.8, 4) is 0 Å². The number of likely N-dealkylation sites (N-methyl/N-ethyl adjacent to an activating group) is 1. The van der Waals surface area contributed by atoms with Gasteiger partial charge in [0.05, 0.1) is 38.8 Å². The van der Waals surface area contributed by atoms with Gasteiger partial charge < -0.3 is 38.2 Å². The summed E-state index contributed by atoms with van der Waals surface area (Å²) in [6.45, 7) is 9.49. The van der Waals surface area contributed by atoms with E-state index in [1.54, 1.807) is 20.8 Å². The fourth-order valence-corrected chi connectivity index (χ4v) is 7.08. The van der Waals surface area contributed by atoms with Crippen LogP contribution >= 0.6 is 7.60 Å². The van der Waals surface area contributed by atoms with Crippen LogP contribution in [-0.4, -0.2) is 110 Å². The van der Waals surface area contributed by atoms with Crippen LogP contribution in [0.15, 0.2) is 15.8 Å². The van der Waals surface area contributed by atoms with Crippen LogP contribution in [0.3, 0.4) is 0 Å². The first kappa shape index (κ1) is 41.3. The highest BCUT2D eigenvalue weighted by molar-refractivity contribution is 7.53. The fraction of sp³-hybridized carbons (Fsp3) is 0.774. The van der Waals surface area contributed by atoms with Gasteiger partial charge in [-0.25, -0.2) is 4.79 Å². The van der Waals surface area contributed by atoms with Gasteiger partial charge in [-0.15, -0.1) is 0 Å². The lowest BCUT2D eigenvalue weighted by atomic mass is 9.99. The maximum absolute atomic E-state index is 13.5. The number of H-pyrrole nitrogens is 1. The van der Waals surface area contributed by atoms with Crippen LogP contribution in [0.2, 0.25) is 0 Å². The van der Waals surface area contributed by atoms with E-state index in [4.69, 9.17) is 28.0 Å². The largest absolute Gasteiger partial charge is 0.466 e. The monoisotopic (exact) mass is 704 g/mol. The second-order valence-electron chi connectivity index (χ2n) is 11.9. The molecule has 2 heterocycles. The molecule has 0 saturated carbocycles. The Labute approximate surface area is 281 Å². The summed E-state index contributed by atoms with van der Waals surface area (Å²) >= 11 is 0. The predicted molar refractivity (Wildman–Crippen MR) is 176 cm³/mol. The van der Waals surface area contributed by atoms with Gasteiger partial charge in [0, 0.05) is 24.8 Å². The number of carbonyl (C=O) groups is 3. The van der Waals surface area contributed by atoms with E-state index in [2.05, 4.69) is 10.3 Å². The van der Waals surface area contributed by atoms with E-state index < -0.39 is 73.8 Å². The molecule has 1 aromatic rings. The first-order valence-electron chi connectivity index (χ1n) is 16.5. The molecule has 2 rings (SSSR count). The van der Waals surface area contributed by atoms with Gasteiger partial charge in [-0.1, -0.05) is 26.7 Å². The Balaban J connectivity index is 2.44. The highest BCUT2D eigenvalue weighted by atomic mass is 31.2. The molecule has 48 heavy (non-hydrogen) atoms. The number of nitrogens with one attached hydrogen (secondary N) is 2. The Morgan fingerprint density at radius 3 is 2.35 bits per heavy atom. The van der Waals surface area contributed by atoms with Crippen molar-refractivity contribution in [3.63, 3.8) is 0 Å². The molecule has 1 aliphatic rings. The van der Waals surface area contributed by atoms with E-state index in [1.807, 2.05) is 25.9 Å². The van der Waals surface area contributed by atoms with Gasteiger partial charge in [-0.2, -0.15) is 0 Å². The van der Waals surface area contributed by atoms with Crippen molar-refractivity contribution in [1.29, 1.82) is 0 Å². The zero-order valence-electron chi connectivity index (χ0n) is 29.2. The minimum atomic E-state index is -3.62. The van der Waals surface area contributed by atoms with Crippen LogP contribution in [0.4, 0.5) is 0 Å². The molecular weight excluding hydrogens is 651 g/mol. The Morgan fingerprint density at radius 1 is 1.06 bits per heavy atom. The molecule has 1 fully saturated rings. The van der Waals surface area contributed by atoms with Crippen LogP contribution in [0.25, 0.3) is 0 Å². The molecule has 1 aliphatic heterocycles. The average molecular weight is 705 g/mol. The molecule has 17 heteroatoms. The number of ether oxygens (including phenoxy) is 4. The first-order valence-corrected chi connectivity index (χ1v) is 18.2. The number of unbranched alkanes of at least 4 members (excludes halogenated alkanes) is 2. The normalized spacial score (nSPS) is 20.1. The SMILES string of the molecule is CCCCCOC(=O)CCC(=O)O[C@H]1[C@@H](OCC(=O)NCCN(C)C)[C@H](n2cc(C)c(=O)[nH]c2=O)O[C@@H]1[C@@H](C)CP(=O)(OCC)OCC. The lowest BCUT2D eigenvalue weighted by molar-refractivity contribution is -0.162. The topological polar surface area (TPSA) is 194 Å². The Bertz CT molecular complexity index is 1340. The molecule has 274 valence electrons. The number of esters is 2. The van der Waals surface area contributed by atoms with Crippen molar-refractivity contribution in [1.82, 2.24) is 19.8 Å². The van der Waals surface area contributed by atoms with E-state index in [1.165, 1.54) is 13.1 Å². The second kappa shape index (κ2) is 20.6. The number of amides is 1. The Morgan fingerprint density at radius 2 is 1.73 bits per heavy atom. The Kier molecular flexibility index (Phi) is 17.7. The molecule has 1 amide bonds. The first-order chi connectivity index (χ1) is 22.7. The van der Waals surface area contributed by atoms with Crippen molar-refractivity contribution in [2.75, 3.05) is 59.8 Å². The quantitative estimate of drug-likeness (QED) is 0.101. The lowest BCUT2D eigenvalue weighted by Crippen LogP contribution is -2.44. The summed E-state index contributed by atoms with van der Waals surface area (Å²) < 4.78 is 49.0. The molecular formula is C31H53N4O12P. The zero-order valence-corrected chi connectivity index (χ0v) is 30.1. The van der Waals surface area contributed by atoms with E-state index in [-0.39, 0.29) is 44.4 Å². The smallest absolute Gasteiger partial charge is 0.331 e. The minimum absolute atomic E-state index is 0.117. The van der Waals surface area contributed by atoms with Gasteiger partial charge >= 0.3 is 25.2 Å². The summed E-state index contributed by atoms with van der Waals surface area (Å²) in [5.41, 5.74) is -1.23. The predicted octanol–water partition coefficient (Wildman–Crippen LogP) is 2.13. The number of hydrogen-bond acceptors (Lipinski definition) is 13. The number of aryl methyl sites for hydroxylation is 1. The number of aromatic nitrogens is 2. The fourth-order valence-electron chi connectivity index (χ4n) is 5.09. The molecule has 2 N–H and O–H groups in total. The van der Waals surface area contributed by atoms with Crippen molar-refractivity contribution in [2.24, 2.45) is 5.92 Å². The van der Waals surface area contributed by atoms with E-state index >= 15 is 0 Å². The second-order valence-corrected chi connectivity index (χ2v) is 14.0. The van der Waals surface area contributed by atoms with Crippen molar-refractivity contribution < 1.29 is 46.9 Å². The zero-order chi connectivity index (χ0) is 35.9. The average Bonchev–Trinajstić information content (AvgIpc) is 3.36. The number of hydrogen-bond donors (Lipinski definition) is 2. The van der Waals surface area contributed by atoms with Crippen molar-refractivity contribution in [3.05, 3.63) is 32.6 Å². The van der Waals surface area contributed by atoms with Crippen LogP contribution < -0.4 is 16.6 Å². The molecule has 1 saturated heterocycles.